The van der Waals surface area contributed by atoms with Gasteiger partial charge in [0.25, 0.3) is 0 Å². The predicted molar refractivity (Wildman–Crippen MR) is 113 cm³/mol. The Kier molecular flexibility index (Phi) is 3.23. The summed E-state index contributed by atoms with van der Waals surface area (Å²) in [4.78, 5) is 21.7. The van der Waals surface area contributed by atoms with E-state index in [1.807, 2.05) is 36.7 Å². The van der Waals surface area contributed by atoms with Crippen LogP contribution in [0.5, 0.6) is 0 Å². The van der Waals surface area contributed by atoms with E-state index in [0.717, 1.165) is 27.9 Å². The molecule has 2 aromatic heterocycles. The van der Waals surface area contributed by atoms with E-state index >= 15 is 0 Å². The number of fused-ring (bicyclic) bond motifs is 1. The maximum atomic E-state index is 13.0. The molecule has 0 bridgehead atoms. The maximum Gasteiger partial charge on any atom is 0.168 e. The van der Waals surface area contributed by atoms with E-state index in [2.05, 4.69) is 9.97 Å². The molecule has 0 atom stereocenters. The summed E-state index contributed by atoms with van der Waals surface area (Å²) in [5, 5.41) is 1.75. The summed E-state index contributed by atoms with van der Waals surface area (Å²) in [6, 6.07) is 5.50. The molecule has 0 amide bonds. The van der Waals surface area contributed by atoms with Crippen molar-refractivity contribution < 1.29 is 13.0 Å². The molecule has 4 rings (SSSR count). The Labute approximate surface area is 173 Å². The van der Waals surface area contributed by atoms with Gasteiger partial charge in [0.2, 0.25) is 0 Å². The van der Waals surface area contributed by atoms with Crippen molar-refractivity contribution in [3.63, 3.8) is 0 Å². The van der Waals surface area contributed by atoms with Crippen LogP contribution in [-0.4, -0.2) is 20.3 Å². The molecule has 0 saturated carbocycles. The molecule has 4 heteroatoms. The first kappa shape index (κ1) is 12.2. The first-order chi connectivity index (χ1) is 15.9. The Balaban J connectivity index is 1.72. The van der Waals surface area contributed by atoms with Gasteiger partial charge in [-0.15, -0.1) is 0 Å². The van der Waals surface area contributed by atoms with Crippen molar-refractivity contribution in [2.24, 2.45) is 7.05 Å². The number of carbonyl (C=O) groups is 1. The number of Topliss-reactive ketones (excluding diaryl/α,β-unsaturated/α-hetero) is 1. The van der Waals surface area contributed by atoms with E-state index in [1.54, 1.807) is 18.5 Å². The zero-order valence-electron chi connectivity index (χ0n) is 21.9. The Hall–Kier alpha value is -3.27. The molecule has 4 nitrogen and oxygen atoms in total. The molecule has 0 saturated heterocycles. The minimum Gasteiger partial charge on any atom is -0.331 e. The monoisotopic (exact) mass is 375 g/mol. The maximum absolute atomic E-state index is 13.0. The summed E-state index contributed by atoms with van der Waals surface area (Å²) >= 11 is 0. The largest absolute Gasteiger partial charge is 0.331 e. The standard InChI is InChI=1S/C24H23N3O/c1-4-17-5-7-18(8-6-17)24(28)13-22-12-21-11-19(9-10-20(21)14-26-22)23-15-25-16(2)27(23)3/h5-12,14-15H,4,13H2,1-3H3/i4D2,5D,6D,7D,8D. The van der Waals surface area contributed by atoms with Crippen LogP contribution in [0.1, 0.15) is 42.6 Å². The lowest BCUT2D eigenvalue weighted by Crippen LogP contribution is -2.05. The quantitative estimate of drug-likeness (QED) is 0.465. The second-order valence-electron chi connectivity index (χ2n) is 6.59. The molecular weight excluding hydrogens is 346 g/mol. The summed E-state index contributed by atoms with van der Waals surface area (Å²) in [6.07, 6.45) is 1.16. The molecule has 28 heavy (non-hydrogen) atoms. The number of ketones is 1. The van der Waals surface area contributed by atoms with Crippen LogP contribution < -0.4 is 0 Å². The van der Waals surface area contributed by atoms with Crippen molar-refractivity contribution in [3.8, 4) is 11.3 Å². The highest BCUT2D eigenvalue weighted by Gasteiger charge is 2.10. The van der Waals surface area contributed by atoms with E-state index in [0.29, 0.717) is 5.69 Å². The third kappa shape index (κ3) is 3.46. The summed E-state index contributed by atoms with van der Waals surface area (Å²) < 4.78 is 50.4. The van der Waals surface area contributed by atoms with Gasteiger partial charge in [0.05, 0.1) is 23.8 Å². The van der Waals surface area contributed by atoms with Crippen LogP contribution in [-0.2, 0) is 19.8 Å². The van der Waals surface area contributed by atoms with Gasteiger partial charge in [-0.25, -0.2) is 4.98 Å². The second-order valence-corrected chi connectivity index (χ2v) is 6.59. The minimum absolute atomic E-state index is 0.208. The van der Waals surface area contributed by atoms with Crippen LogP contribution in [0.2, 0.25) is 0 Å². The molecule has 4 aromatic rings. The van der Waals surface area contributed by atoms with E-state index in [4.69, 9.17) is 8.22 Å². The van der Waals surface area contributed by atoms with Gasteiger partial charge >= 0.3 is 0 Å². The fraction of sp³-hybridized carbons (Fsp3) is 0.208. The number of rotatable bonds is 5. The molecule has 2 heterocycles. The molecule has 2 aromatic carbocycles. The first-order valence-corrected chi connectivity index (χ1v) is 8.91. The first-order valence-electron chi connectivity index (χ1n) is 11.9. The SMILES string of the molecule is [2H]c1c([2H])c(C([2H])([2H])C)c([2H])c([2H])c1C(=O)Cc1cc2cc(-c3cnc(C)n3C)ccc2cn1. The lowest BCUT2D eigenvalue weighted by atomic mass is 10.0. The number of aromatic nitrogens is 3. The van der Waals surface area contributed by atoms with Crippen LogP contribution in [0.15, 0.2) is 60.8 Å². The molecule has 0 N–H and O–H groups in total. The van der Waals surface area contributed by atoms with E-state index < -0.39 is 36.3 Å². The Morgan fingerprint density at radius 3 is 2.57 bits per heavy atom. The van der Waals surface area contributed by atoms with Crippen LogP contribution in [0.3, 0.4) is 0 Å². The highest BCUT2D eigenvalue weighted by atomic mass is 16.1. The van der Waals surface area contributed by atoms with Gasteiger partial charge in [-0.1, -0.05) is 43.2 Å². The Bertz CT molecular complexity index is 1430. The number of imidazole rings is 1. The zero-order valence-corrected chi connectivity index (χ0v) is 15.9. The molecule has 140 valence electrons. The van der Waals surface area contributed by atoms with Crippen LogP contribution in [0, 0.1) is 6.92 Å². The van der Waals surface area contributed by atoms with Gasteiger partial charge in [-0.3, -0.25) is 9.78 Å². The number of carbonyl (C=O) groups excluding carboxylic acids is 1. The molecule has 0 radical (unpaired) electrons. The highest BCUT2D eigenvalue weighted by molar-refractivity contribution is 5.98. The van der Waals surface area contributed by atoms with Crippen LogP contribution in [0.25, 0.3) is 22.0 Å². The number of hydrogen-bond donors (Lipinski definition) is 0. The van der Waals surface area contributed by atoms with Gasteiger partial charge in [-0.2, -0.15) is 0 Å². The van der Waals surface area contributed by atoms with Crippen molar-refractivity contribution in [2.45, 2.75) is 26.6 Å². The molecule has 0 spiro atoms. The molecular formula is C24H23N3O. The van der Waals surface area contributed by atoms with E-state index in [9.17, 15) is 4.79 Å². The summed E-state index contributed by atoms with van der Waals surface area (Å²) in [6.45, 7) is 3.09. The third-order valence-corrected chi connectivity index (χ3v) is 4.79. The van der Waals surface area contributed by atoms with Gasteiger partial charge in [0.1, 0.15) is 5.82 Å². The summed E-state index contributed by atoms with van der Waals surface area (Å²) in [5.74, 6) is 0.281. The number of benzene rings is 2. The normalized spacial score (nSPS) is 14.7. The van der Waals surface area contributed by atoms with Gasteiger partial charge in [-0.05, 0) is 36.4 Å². The zero-order chi connectivity index (χ0) is 24.9. The molecule has 0 aliphatic carbocycles. The van der Waals surface area contributed by atoms with Crippen molar-refractivity contribution in [1.29, 1.82) is 0 Å². The van der Waals surface area contributed by atoms with Crippen LogP contribution >= 0.6 is 0 Å². The molecule has 0 aliphatic heterocycles. The highest BCUT2D eigenvalue weighted by Crippen LogP contribution is 2.25. The number of nitrogens with zero attached hydrogens (tertiary/aromatic N) is 3. The van der Waals surface area contributed by atoms with E-state index in [1.165, 1.54) is 6.92 Å². The van der Waals surface area contributed by atoms with E-state index in [-0.39, 0.29) is 17.5 Å². The second kappa shape index (κ2) is 7.39. The summed E-state index contributed by atoms with van der Waals surface area (Å²) in [5.41, 5.74) is 1.63. The number of hydrogen-bond acceptors (Lipinski definition) is 3. The number of pyridine rings is 1. The molecule has 0 fully saturated rings. The third-order valence-electron chi connectivity index (χ3n) is 4.79. The Morgan fingerprint density at radius 2 is 1.89 bits per heavy atom. The fourth-order valence-corrected chi connectivity index (χ4v) is 3.04. The summed E-state index contributed by atoms with van der Waals surface area (Å²) in [7, 11) is 1.94. The molecule has 0 unspecified atom stereocenters. The van der Waals surface area contributed by atoms with Gasteiger partial charge in [0, 0.05) is 38.2 Å². The van der Waals surface area contributed by atoms with Crippen molar-refractivity contribution >= 4 is 16.6 Å². The average Bonchev–Trinajstić information content (AvgIpc) is 3.09. The predicted octanol–water partition coefficient (Wildman–Crippen LogP) is 4.93. The fourth-order valence-electron chi connectivity index (χ4n) is 3.04. The molecule has 0 aliphatic rings. The van der Waals surface area contributed by atoms with Gasteiger partial charge < -0.3 is 4.57 Å². The minimum atomic E-state index is -2.08. The lowest BCUT2D eigenvalue weighted by molar-refractivity contribution is 0.0992. The van der Waals surface area contributed by atoms with Crippen molar-refractivity contribution in [2.75, 3.05) is 0 Å². The van der Waals surface area contributed by atoms with Crippen LogP contribution in [0.4, 0.5) is 0 Å². The number of aryl methyl sites for hydroxylation is 1. The lowest BCUT2D eigenvalue weighted by Gasteiger charge is -2.07. The van der Waals surface area contributed by atoms with Crippen molar-refractivity contribution in [3.05, 3.63) is 83.5 Å². The average molecular weight is 376 g/mol. The smallest absolute Gasteiger partial charge is 0.168 e. The van der Waals surface area contributed by atoms with Gasteiger partial charge in [0.15, 0.2) is 5.78 Å². The Morgan fingerprint density at radius 1 is 1.11 bits per heavy atom. The van der Waals surface area contributed by atoms with Crippen molar-refractivity contribution in [1.82, 2.24) is 14.5 Å². The topological polar surface area (TPSA) is 47.8 Å².